The Hall–Kier alpha value is -3.78. The number of amides is 1. The highest BCUT2D eigenvalue weighted by Crippen LogP contribution is 2.31. The van der Waals surface area contributed by atoms with Crippen LogP contribution in [0.2, 0.25) is 0 Å². The van der Waals surface area contributed by atoms with Crippen molar-refractivity contribution in [1.29, 1.82) is 5.26 Å². The highest BCUT2D eigenvalue weighted by atomic mass is 16.5. The summed E-state index contributed by atoms with van der Waals surface area (Å²) in [5.74, 6) is 1.40. The van der Waals surface area contributed by atoms with Gasteiger partial charge in [0.05, 0.1) is 17.9 Å². The molecule has 0 aromatic heterocycles. The molecule has 0 heterocycles. The van der Waals surface area contributed by atoms with Crippen molar-refractivity contribution in [1.82, 2.24) is 0 Å². The molecule has 5 heteroatoms. The Labute approximate surface area is 183 Å². The first-order chi connectivity index (χ1) is 15.2. The van der Waals surface area contributed by atoms with E-state index in [4.69, 9.17) is 9.47 Å². The van der Waals surface area contributed by atoms with Crippen molar-refractivity contribution in [3.05, 3.63) is 83.9 Å². The Morgan fingerprint density at radius 3 is 2.35 bits per heavy atom. The standard InChI is InChI=1S/C26H26N2O3/c1-2-3-4-9-18-30-22-16-14-20(15-17-22)26(29)28-23-11-6-8-13-25(23)31-24-12-7-5-10-21(24)19-27/h5-8,10-17H,2-4,9,18H2,1H3,(H,28,29). The number of hydrogen-bond acceptors (Lipinski definition) is 4. The second kappa shape index (κ2) is 11.4. The number of nitriles is 1. The molecule has 0 spiro atoms. The second-order valence-electron chi connectivity index (χ2n) is 7.09. The molecule has 0 bridgehead atoms. The normalized spacial score (nSPS) is 10.2. The van der Waals surface area contributed by atoms with E-state index in [-0.39, 0.29) is 5.91 Å². The molecule has 0 aliphatic carbocycles. The van der Waals surface area contributed by atoms with Gasteiger partial charge in [-0.15, -0.1) is 0 Å². The lowest BCUT2D eigenvalue weighted by atomic mass is 10.2. The van der Waals surface area contributed by atoms with Gasteiger partial charge in [0.1, 0.15) is 17.6 Å². The molecule has 1 amide bonds. The third kappa shape index (κ3) is 6.35. The second-order valence-corrected chi connectivity index (χ2v) is 7.09. The molecular weight excluding hydrogens is 388 g/mol. The van der Waals surface area contributed by atoms with Crippen LogP contribution in [0, 0.1) is 11.3 Å². The number of rotatable bonds is 10. The summed E-state index contributed by atoms with van der Waals surface area (Å²) in [7, 11) is 0. The predicted octanol–water partition coefficient (Wildman–Crippen LogP) is 6.56. The lowest BCUT2D eigenvalue weighted by Gasteiger charge is -2.13. The maximum absolute atomic E-state index is 12.7. The molecule has 5 nitrogen and oxygen atoms in total. The maximum Gasteiger partial charge on any atom is 0.255 e. The molecule has 3 aromatic rings. The van der Waals surface area contributed by atoms with Crippen molar-refractivity contribution < 1.29 is 14.3 Å². The van der Waals surface area contributed by atoms with Crippen LogP contribution < -0.4 is 14.8 Å². The van der Waals surface area contributed by atoms with Crippen LogP contribution in [-0.2, 0) is 0 Å². The van der Waals surface area contributed by atoms with E-state index in [2.05, 4.69) is 18.3 Å². The third-order valence-electron chi connectivity index (χ3n) is 4.75. The molecule has 0 fully saturated rings. The van der Waals surface area contributed by atoms with E-state index in [0.717, 1.165) is 18.6 Å². The fourth-order valence-corrected chi connectivity index (χ4v) is 3.04. The average Bonchev–Trinajstić information content (AvgIpc) is 2.81. The van der Waals surface area contributed by atoms with Crippen LogP contribution in [0.4, 0.5) is 5.69 Å². The molecule has 3 rings (SSSR count). The monoisotopic (exact) mass is 414 g/mol. The summed E-state index contributed by atoms with van der Waals surface area (Å²) in [4.78, 5) is 12.7. The van der Waals surface area contributed by atoms with Gasteiger partial charge in [-0.1, -0.05) is 50.5 Å². The van der Waals surface area contributed by atoms with E-state index in [1.54, 1.807) is 60.7 Å². The van der Waals surface area contributed by atoms with E-state index in [1.165, 1.54) is 12.8 Å². The van der Waals surface area contributed by atoms with Crippen LogP contribution in [-0.4, -0.2) is 12.5 Å². The molecule has 0 unspecified atom stereocenters. The largest absolute Gasteiger partial charge is 0.494 e. The topological polar surface area (TPSA) is 71.3 Å². The van der Waals surface area contributed by atoms with Crippen molar-refractivity contribution in [2.24, 2.45) is 0 Å². The Morgan fingerprint density at radius 2 is 1.61 bits per heavy atom. The van der Waals surface area contributed by atoms with E-state index in [9.17, 15) is 10.1 Å². The number of hydrogen-bond donors (Lipinski definition) is 1. The number of benzene rings is 3. The molecule has 1 N–H and O–H groups in total. The van der Waals surface area contributed by atoms with Gasteiger partial charge in [0.15, 0.2) is 5.75 Å². The van der Waals surface area contributed by atoms with E-state index in [1.807, 2.05) is 12.1 Å². The van der Waals surface area contributed by atoms with Crippen LogP contribution in [0.3, 0.4) is 0 Å². The van der Waals surface area contributed by atoms with Gasteiger partial charge >= 0.3 is 0 Å². The average molecular weight is 415 g/mol. The molecule has 3 aromatic carbocycles. The van der Waals surface area contributed by atoms with Gasteiger partial charge in [-0.3, -0.25) is 4.79 Å². The number of ether oxygens (including phenoxy) is 2. The molecule has 0 aliphatic rings. The van der Waals surface area contributed by atoms with E-state index < -0.39 is 0 Å². The summed E-state index contributed by atoms with van der Waals surface area (Å²) in [5.41, 5.74) is 1.47. The molecule has 0 radical (unpaired) electrons. The number of anilines is 1. The summed E-state index contributed by atoms with van der Waals surface area (Å²) < 4.78 is 11.6. The quantitative estimate of drug-likeness (QED) is 0.381. The van der Waals surface area contributed by atoms with Crippen LogP contribution >= 0.6 is 0 Å². The fourth-order valence-electron chi connectivity index (χ4n) is 3.04. The minimum atomic E-state index is -0.251. The summed E-state index contributed by atoms with van der Waals surface area (Å²) in [6, 6.07) is 23.3. The van der Waals surface area contributed by atoms with Crippen LogP contribution in [0.25, 0.3) is 0 Å². The zero-order chi connectivity index (χ0) is 21.9. The summed E-state index contributed by atoms with van der Waals surface area (Å²) >= 11 is 0. The highest BCUT2D eigenvalue weighted by molar-refractivity contribution is 6.05. The maximum atomic E-state index is 12.7. The van der Waals surface area contributed by atoms with Crippen molar-refractivity contribution in [3.8, 4) is 23.3 Å². The van der Waals surface area contributed by atoms with Crippen molar-refractivity contribution in [2.75, 3.05) is 11.9 Å². The molecular formula is C26H26N2O3. The SMILES string of the molecule is CCCCCCOc1ccc(C(=O)Nc2ccccc2Oc2ccccc2C#N)cc1. The minimum Gasteiger partial charge on any atom is -0.494 e. The molecule has 0 atom stereocenters. The zero-order valence-electron chi connectivity index (χ0n) is 17.6. The van der Waals surface area contributed by atoms with Gasteiger partial charge in [-0.25, -0.2) is 0 Å². The van der Waals surface area contributed by atoms with Gasteiger partial charge in [-0.2, -0.15) is 5.26 Å². The minimum absolute atomic E-state index is 0.251. The van der Waals surface area contributed by atoms with Gasteiger partial charge in [0, 0.05) is 5.56 Å². The van der Waals surface area contributed by atoms with Crippen LogP contribution in [0.15, 0.2) is 72.8 Å². The van der Waals surface area contributed by atoms with E-state index >= 15 is 0 Å². The lowest BCUT2D eigenvalue weighted by Crippen LogP contribution is -2.12. The van der Waals surface area contributed by atoms with Crippen LogP contribution in [0.5, 0.6) is 17.2 Å². The van der Waals surface area contributed by atoms with Gasteiger partial charge < -0.3 is 14.8 Å². The summed E-state index contributed by atoms with van der Waals surface area (Å²) in [6.45, 7) is 2.86. The fraction of sp³-hybridized carbons (Fsp3) is 0.231. The molecule has 0 aliphatic heterocycles. The third-order valence-corrected chi connectivity index (χ3v) is 4.75. The first kappa shape index (κ1) is 21.9. The molecule has 0 saturated heterocycles. The van der Waals surface area contributed by atoms with Crippen molar-refractivity contribution in [3.63, 3.8) is 0 Å². The Kier molecular flexibility index (Phi) is 8.07. The number of nitrogens with one attached hydrogen (secondary N) is 1. The molecule has 0 saturated carbocycles. The lowest BCUT2D eigenvalue weighted by molar-refractivity contribution is 0.102. The van der Waals surface area contributed by atoms with Gasteiger partial charge in [0.25, 0.3) is 5.91 Å². The summed E-state index contributed by atoms with van der Waals surface area (Å²) in [5, 5.41) is 12.1. The Bertz CT molecular complexity index is 1040. The number of para-hydroxylation sites is 3. The predicted molar refractivity (Wildman–Crippen MR) is 122 cm³/mol. The number of carbonyl (C=O) groups excluding carboxylic acids is 1. The zero-order valence-corrected chi connectivity index (χ0v) is 17.6. The van der Waals surface area contributed by atoms with Crippen LogP contribution in [0.1, 0.15) is 48.5 Å². The Balaban J connectivity index is 1.64. The highest BCUT2D eigenvalue weighted by Gasteiger charge is 2.12. The Morgan fingerprint density at radius 1 is 0.903 bits per heavy atom. The van der Waals surface area contributed by atoms with E-state index in [0.29, 0.717) is 34.9 Å². The smallest absolute Gasteiger partial charge is 0.255 e. The first-order valence-corrected chi connectivity index (χ1v) is 10.5. The number of carbonyl (C=O) groups is 1. The van der Waals surface area contributed by atoms with Crippen molar-refractivity contribution >= 4 is 11.6 Å². The number of nitrogens with zero attached hydrogens (tertiary/aromatic N) is 1. The van der Waals surface area contributed by atoms with Crippen molar-refractivity contribution in [2.45, 2.75) is 32.6 Å². The first-order valence-electron chi connectivity index (χ1n) is 10.5. The molecule has 31 heavy (non-hydrogen) atoms. The van der Waals surface area contributed by atoms with Gasteiger partial charge in [-0.05, 0) is 55.0 Å². The summed E-state index contributed by atoms with van der Waals surface area (Å²) in [6.07, 6.45) is 4.61. The molecule has 158 valence electrons. The number of unbranched alkanes of at least 4 members (excludes halogenated alkanes) is 3. The van der Waals surface area contributed by atoms with Gasteiger partial charge in [0.2, 0.25) is 0 Å².